The zero-order valence-corrected chi connectivity index (χ0v) is 15.6. The lowest BCUT2D eigenvalue weighted by Gasteiger charge is -2.15. The molecule has 1 amide bonds. The molecular formula is C19H23N3O3S. The van der Waals surface area contributed by atoms with Crippen LogP contribution in [0.3, 0.4) is 0 Å². The molecule has 1 aromatic carbocycles. The summed E-state index contributed by atoms with van der Waals surface area (Å²) in [5, 5.41) is 2.80. The van der Waals surface area contributed by atoms with Crippen LogP contribution in [0.5, 0.6) is 0 Å². The Balaban J connectivity index is 1.57. The topological polar surface area (TPSA) is 79.4 Å². The molecule has 0 spiro atoms. The van der Waals surface area contributed by atoms with Crippen LogP contribution >= 0.6 is 0 Å². The molecule has 138 valence electrons. The van der Waals surface area contributed by atoms with Crippen molar-refractivity contribution >= 4 is 21.7 Å². The summed E-state index contributed by atoms with van der Waals surface area (Å²) in [6.07, 6.45) is 4.34. The van der Waals surface area contributed by atoms with E-state index in [-0.39, 0.29) is 5.91 Å². The maximum absolute atomic E-state index is 12.5. The SMILES string of the molecule is Cc1cccnc1NC(=O)CCc1ccc(S(=O)(=O)N2CCCC2)cc1. The second-order valence-electron chi connectivity index (χ2n) is 6.47. The van der Waals surface area contributed by atoms with Gasteiger partial charge in [-0.3, -0.25) is 4.79 Å². The number of carbonyl (C=O) groups is 1. The predicted molar refractivity (Wildman–Crippen MR) is 100 cm³/mol. The lowest BCUT2D eigenvalue weighted by Crippen LogP contribution is -2.27. The first kappa shape index (κ1) is 18.5. The average Bonchev–Trinajstić information content (AvgIpc) is 3.18. The Morgan fingerprint density at radius 1 is 1.15 bits per heavy atom. The molecule has 6 nitrogen and oxygen atoms in total. The second-order valence-corrected chi connectivity index (χ2v) is 8.41. The minimum Gasteiger partial charge on any atom is -0.310 e. The average molecular weight is 373 g/mol. The van der Waals surface area contributed by atoms with E-state index >= 15 is 0 Å². The van der Waals surface area contributed by atoms with Gasteiger partial charge in [0.1, 0.15) is 5.82 Å². The standard InChI is InChI=1S/C19H23N3O3S/c1-15-5-4-12-20-19(15)21-18(23)11-8-16-6-9-17(10-7-16)26(24,25)22-13-2-3-14-22/h4-7,9-10,12H,2-3,8,11,13-14H2,1H3,(H,20,21,23). The van der Waals surface area contributed by atoms with E-state index in [2.05, 4.69) is 10.3 Å². The Bertz CT molecular complexity index is 873. The number of anilines is 1. The van der Waals surface area contributed by atoms with E-state index in [1.165, 1.54) is 4.31 Å². The number of hydrogen-bond donors (Lipinski definition) is 1. The lowest BCUT2D eigenvalue weighted by atomic mass is 10.1. The number of carbonyl (C=O) groups excluding carboxylic acids is 1. The molecule has 1 fully saturated rings. The van der Waals surface area contributed by atoms with Crippen LogP contribution in [0.2, 0.25) is 0 Å². The molecular weight excluding hydrogens is 350 g/mol. The van der Waals surface area contributed by atoms with Gasteiger partial charge in [0, 0.05) is 25.7 Å². The molecule has 0 unspecified atom stereocenters. The van der Waals surface area contributed by atoms with Crippen molar-refractivity contribution in [1.29, 1.82) is 0 Å². The number of aryl methyl sites for hydroxylation is 2. The van der Waals surface area contributed by atoms with E-state index in [0.29, 0.717) is 36.6 Å². The van der Waals surface area contributed by atoms with E-state index in [0.717, 1.165) is 24.0 Å². The second kappa shape index (κ2) is 7.97. The molecule has 0 bridgehead atoms. The van der Waals surface area contributed by atoms with Crippen molar-refractivity contribution in [3.05, 3.63) is 53.7 Å². The molecule has 0 atom stereocenters. The molecule has 0 aliphatic carbocycles. The van der Waals surface area contributed by atoms with Gasteiger partial charge in [0.15, 0.2) is 0 Å². The third kappa shape index (κ3) is 4.28. The number of aromatic nitrogens is 1. The molecule has 1 saturated heterocycles. The Morgan fingerprint density at radius 2 is 1.85 bits per heavy atom. The number of nitrogens with one attached hydrogen (secondary N) is 1. The number of hydrogen-bond acceptors (Lipinski definition) is 4. The van der Waals surface area contributed by atoms with Crippen LogP contribution in [-0.4, -0.2) is 36.7 Å². The smallest absolute Gasteiger partial charge is 0.243 e. The molecule has 26 heavy (non-hydrogen) atoms. The number of pyridine rings is 1. The molecule has 3 rings (SSSR count). The predicted octanol–water partition coefficient (Wildman–Crippen LogP) is 2.75. The van der Waals surface area contributed by atoms with Crippen LogP contribution in [0.25, 0.3) is 0 Å². The fourth-order valence-corrected chi connectivity index (χ4v) is 4.49. The Labute approximate surface area is 154 Å². The first-order valence-corrected chi connectivity index (χ1v) is 10.2. The van der Waals surface area contributed by atoms with E-state index in [1.807, 2.05) is 19.1 Å². The summed E-state index contributed by atoms with van der Waals surface area (Å²) in [4.78, 5) is 16.5. The molecule has 0 saturated carbocycles. The van der Waals surface area contributed by atoms with Crippen molar-refractivity contribution < 1.29 is 13.2 Å². The third-order valence-electron chi connectivity index (χ3n) is 4.53. The first-order valence-electron chi connectivity index (χ1n) is 8.77. The van der Waals surface area contributed by atoms with E-state index in [9.17, 15) is 13.2 Å². The molecule has 2 aromatic rings. The van der Waals surface area contributed by atoms with Gasteiger partial charge in [-0.1, -0.05) is 18.2 Å². The van der Waals surface area contributed by atoms with Crippen LogP contribution in [0.4, 0.5) is 5.82 Å². The Kier molecular flexibility index (Phi) is 5.68. The highest BCUT2D eigenvalue weighted by Crippen LogP contribution is 2.21. The minimum atomic E-state index is -3.39. The van der Waals surface area contributed by atoms with Gasteiger partial charge in [-0.25, -0.2) is 13.4 Å². The molecule has 1 aliphatic heterocycles. The third-order valence-corrected chi connectivity index (χ3v) is 6.45. The first-order chi connectivity index (χ1) is 12.5. The quantitative estimate of drug-likeness (QED) is 0.844. The fraction of sp³-hybridized carbons (Fsp3) is 0.368. The minimum absolute atomic E-state index is 0.111. The highest BCUT2D eigenvalue weighted by Gasteiger charge is 2.26. The summed E-state index contributed by atoms with van der Waals surface area (Å²) in [5.41, 5.74) is 1.84. The molecule has 2 heterocycles. The van der Waals surface area contributed by atoms with Gasteiger partial charge in [-0.05, 0) is 55.5 Å². The number of nitrogens with zero attached hydrogens (tertiary/aromatic N) is 2. The van der Waals surface area contributed by atoms with Crippen LogP contribution in [0, 0.1) is 6.92 Å². The maximum atomic E-state index is 12.5. The summed E-state index contributed by atoms with van der Waals surface area (Å²) < 4.78 is 26.5. The molecule has 1 aliphatic rings. The van der Waals surface area contributed by atoms with Crippen LogP contribution in [0.15, 0.2) is 47.5 Å². The summed E-state index contributed by atoms with van der Waals surface area (Å²) in [5.74, 6) is 0.463. The number of amides is 1. The number of rotatable bonds is 6. The summed E-state index contributed by atoms with van der Waals surface area (Å²) in [6, 6.07) is 10.5. The van der Waals surface area contributed by atoms with Crippen LogP contribution in [0.1, 0.15) is 30.4 Å². The highest BCUT2D eigenvalue weighted by molar-refractivity contribution is 7.89. The van der Waals surface area contributed by atoms with E-state index in [4.69, 9.17) is 0 Å². The molecule has 7 heteroatoms. The van der Waals surface area contributed by atoms with Crippen molar-refractivity contribution in [2.45, 2.75) is 37.5 Å². The van der Waals surface area contributed by atoms with Gasteiger partial charge < -0.3 is 5.32 Å². The molecule has 0 radical (unpaired) electrons. The van der Waals surface area contributed by atoms with Crippen LogP contribution in [-0.2, 0) is 21.2 Å². The largest absolute Gasteiger partial charge is 0.310 e. The van der Waals surface area contributed by atoms with Gasteiger partial charge in [0.05, 0.1) is 4.90 Å². The van der Waals surface area contributed by atoms with Crippen molar-refractivity contribution in [3.63, 3.8) is 0 Å². The zero-order valence-electron chi connectivity index (χ0n) is 14.8. The summed E-state index contributed by atoms with van der Waals surface area (Å²) in [7, 11) is -3.39. The van der Waals surface area contributed by atoms with Gasteiger partial charge in [-0.2, -0.15) is 4.31 Å². The van der Waals surface area contributed by atoms with Crippen LogP contribution < -0.4 is 5.32 Å². The highest BCUT2D eigenvalue weighted by atomic mass is 32.2. The summed E-state index contributed by atoms with van der Waals surface area (Å²) >= 11 is 0. The summed E-state index contributed by atoms with van der Waals surface area (Å²) in [6.45, 7) is 3.08. The Hall–Kier alpha value is -2.25. The molecule has 1 N–H and O–H groups in total. The normalized spacial score (nSPS) is 15.1. The van der Waals surface area contributed by atoms with Crippen molar-refractivity contribution in [3.8, 4) is 0 Å². The van der Waals surface area contributed by atoms with Crippen molar-refractivity contribution in [2.75, 3.05) is 18.4 Å². The van der Waals surface area contributed by atoms with Gasteiger partial charge >= 0.3 is 0 Å². The number of sulfonamides is 1. The van der Waals surface area contributed by atoms with E-state index in [1.54, 1.807) is 30.5 Å². The van der Waals surface area contributed by atoms with Gasteiger partial charge in [0.2, 0.25) is 15.9 Å². The van der Waals surface area contributed by atoms with Gasteiger partial charge in [0.25, 0.3) is 0 Å². The fourth-order valence-electron chi connectivity index (χ4n) is 2.97. The zero-order chi connectivity index (χ0) is 18.6. The van der Waals surface area contributed by atoms with Crippen molar-refractivity contribution in [1.82, 2.24) is 9.29 Å². The number of benzene rings is 1. The lowest BCUT2D eigenvalue weighted by molar-refractivity contribution is -0.116. The maximum Gasteiger partial charge on any atom is 0.243 e. The van der Waals surface area contributed by atoms with E-state index < -0.39 is 10.0 Å². The van der Waals surface area contributed by atoms with Gasteiger partial charge in [-0.15, -0.1) is 0 Å². The Morgan fingerprint density at radius 3 is 2.50 bits per heavy atom. The molecule has 1 aromatic heterocycles. The van der Waals surface area contributed by atoms with Crippen molar-refractivity contribution in [2.24, 2.45) is 0 Å². The monoisotopic (exact) mass is 373 g/mol.